The van der Waals surface area contributed by atoms with Gasteiger partial charge >= 0.3 is 0 Å². The number of benzene rings is 2. The lowest BCUT2D eigenvalue weighted by Crippen LogP contribution is -2.18. The van der Waals surface area contributed by atoms with Gasteiger partial charge in [-0.2, -0.15) is 0 Å². The van der Waals surface area contributed by atoms with Crippen LogP contribution in [0.25, 0.3) is 10.9 Å². The summed E-state index contributed by atoms with van der Waals surface area (Å²) in [5.74, 6) is -0.949. The first-order chi connectivity index (χ1) is 13.1. The Morgan fingerprint density at radius 1 is 1.26 bits per heavy atom. The first kappa shape index (κ1) is 17.5. The number of aromatic amines is 1. The van der Waals surface area contributed by atoms with Crippen molar-refractivity contribution in [1.82, 2.24) is 4.98 Å². The highest BCUT2D eigenvalue weighted by Crippen LogP contribution is 2.28. The summed E-state index contributed by atoms with van der Waals surface area (Å²) in [4.78, 5) is 6.97. The van der Waals surface area contributed by atoms with Gasteiger partial charge in [-0.3, -0.25) is 4.99 Å². The Morgan fingerprint density at radius 2 is 2.15 bits per heavy atom. The number of rotatable bonds is 5. The number of nitrogens with one attached hydrogen (secondary N) is 2. The normalized spacial score (nSPS) is 17.2. The number of aromatic nitrogens is 1. The predicted octanol–water partition coefficient (Wildman–Crippen LogP) is 4.49. The molecular weight excluding hydrogens is 352 g/mol. The van der Waals surface area contributed by atoms with Gasteiger partial charge in [-0.05, 0) is 43.2 Å². The molecule has 1 saturated heterocycles. The number of ether oxygens (including phenoxy) is 1. The topological polar surface area (TPSA) is 69.6 Å². The third-order valence-electron chi connectivity index (χ3n) is 4.62. The van der Waals surface area contributed by atoms with Crippen LogP contribution in [0.3, 0.4) is 0 Å². The SMILES string of the molecule is Oc1[nH]c2ccc(F)cc2c1C=Nc1ccc(NCC2CCCO2)c(F)c1. The molecule has 1 aliphatic rings. The van der Waals surface area contributed by atoms with Crippen molar-refractivity contribution in [2.75, 3.05) is 18.5 Å². The standard InChI is InChI=1S/C20H19F2N3O2/c21-12-3-5-18-15(8-12)16(20(26)25-18)11-23-13-4-6-19(17(22)9-13)24-10-14-2-1-7-27-14/h3-6,8-9,11,14,24-26H,1-2,7,10H2. The molecule has 0 amide bonds. The molecule has 27 heavy (non-hydrogen) atoms. The Bertz CT molecular complexity index is 994. The number of anilines is 1. The maximum Gasteiger partial charge on any atom is 0.198 e. The minimum absolute atomic E-state index is 0.116. The summed E-state index contributed by atoms with van der Waals surface area (Å²) in [7, 11) is 0. The zero-order valence-electron chi connectivity index (χ0n) is 14.5. The Hall–Kier alpha value is -2.93. The van der Waals surface area contributed by atoms with E-state index < -0.39 is 11.6 Å². The monoisotopic (exact) mass is 371 g/mol. The van der Waals surface area contributed by atoms with Gasteiger partial charge < -0.3 is 20.1 Å². The summed E-state index contributed by atoms with van der Waals surface area (Å²) in [5, 5.41) is 13.6. The third-order valence-corrected chi connectivity index (χ3v) is 4.62. The van der Waals surface area contributed by atoms with E-state index in [-0.39, 0.29) is 12.0 Å². The maximum atomic E-state index is 14.3. The molecule has 2 heterocycles. The van der Waals surface area contributed by atoms with Crippen LogP contribution in [0.2, 0.25) is 0 Å². The van der Waals surface area contributed by atoms with E-state index in [2.05, 4.69) is 15.3 Å². The Labute approximate surface area is 154 Å². The van der Waals surface area contributed by atoms with Crippen LogP contribution in [-0.2, 0) is 4.74 Å². The number of H-pyrrole nitrogens is 1. The largest absolute Gasteiger partial charge is 0.494 e. The quantitative estimate of drug-likeness (QED) is 0.579. The van der Waals surface area contributed by atoms with Crippen LogP contribution < -0.4 is 5.32 Å². The van der Waals surface area contributed by atoms with Gasteiger partial charge in [-0.1, -0.05) is 0 Å². The molecule has 3 aromatic rings. The molecule has 5 nitrogen and oxygen atoms in total. The van der Waals surface area contributed by atoms with Crippen molar-refractivity contribution in [3.8, 4) is 5.88 Å². The molecule has 1 atom stereocenters. The first-order valence-corrected chi connectivity index (χ1v) is 8.79. The van der Waals surface area contributed by atoms with Gasteiger partial charge in [0, 0.05) is 36.3 Å². The fourth-order valence-corrected chi connectivity index (χ4v) is 3.20. The fraction of sp³-hybridized carbons (Fsp3) is 0.250. The molecule has 4 rings (SSSR count). The fourth-order valence-electron chi connectivity index (χ4n) is 3.20. The van der Waals surface area contributed by atoms with E-state index in [9.17, 15) is 13.9 Å². The van der Waals surface area contributed by atoms with E-state index in [1.54, 1.807) is 12.1 Å². The molecule has 0 aliphatic carbocycles. The zero-order chi connectivity index (χ0) is 18.8. The summed E-state index contributed by atoms with van der Waals surface area (Å²) in [6.45, 7) is 1.32. The molecule has 0 radical (unpaired) electrons. The summed E-state index contributed by atoms with van der Waals surface area (Å²) < 4.78 is 33.3. The van der Waals surface area contributed by atoms with Crippen molar-refractivity contribution in [2.45, 2.75) is 18.9 Å². The summed E-state index contributed by atoms with van der Waals surface area (Å²) in [6.07, 6.45) is 3.52. The molecule has 0 bridgehead atoms. The summed E-state index contributed by atoms with van der Waals surface area (Å²) >= 11 is 0. The van der Waals surface area contributed by atoms with E-state index in [0.29, 0.717) is 34.4 Å². The third kappa shape index (κ3) is 3.78. The number of aromatic hydroxyl groups is 1. The van der Waals surface area contributed by atoms with Gasteiger partial charge in [0.1, 0.15) is 11.6 Å². The van der Waals surface area contributed by atoms with Crippen molar-refractivity contribution < 1.29 is 18.6 Å². The molecule has 1 fully saturated rings. The lowest BCUT2D eigenvalue weighted by Gasteiger charge is -2.12. The first-order valence-electron chi connectivity index (χ1n) is 8.79. The van der Waals surface area contributed by atoms with E-state index in [0.717, 1.165) is 19.4 Å². The molecule has 2 aromatic carbocycles. The van der Waals surface area contributed by atoms with E-state index in [1.165, 1.54) is 30.5 Å². The molecule has 1 aromatic heterocycles. The van der Waals surface area contributed by atoms with Crippen LogP contribution in [0.5, 0.6) is 5.88 Å². The zero-order valence-corrected chi connectivity index (χ0v) is 14.5. The molecule has 3 N–H and O–H groups in total. The Morgan fingerprint density at radius 3 is 2.93 bits per heavy atom. The van der Waals surface area contributed by atoms with Gasteiger partial charge in [0.15, 0.2) is 5.88 Å². The second-order valence-electron chi connectivity index (χ2n) is 6.52. The van der Waals surface area contributed by atoms with Crippen LogP contribution >= 0.6 is 0 Å². The van der Waals surface area contributed by atoms with E-state index in [1.807, 2.05) is 0 Å². The number of fused-ring (bicyclic) bond motifs is 1. The molecule has 7 heteroatoms. The smallest absolute Gasteiger partial charge is 0.198 e. The molecular formula is C20H19F2N3O2. The van der Waals surface area contributed by atoms with Gasteiger partial charge in [0.25, 0.3) is 0 Å². The average molecular weight is 371 g/mol. The second kappa shape index (κ2) is 7.36. The predicted molar refractivity (Wildman–Crippen MR) is 101 cm³/mol. The van der Waals surface area contributed by atoms with Crippen LogP contribution in [0, 0.1) is 11.6 Å². The second-order valence-corrected chi connectivity index (χ2v) is 6.52. The van der Waals surface area contributed by atoms with Gasteiger partial charge in [-0.15, -0.1) is 0 Å². The molecule has 1 unspecified atom stereocenters. The van der Waals surface area contributed by atoms with Crippen LogP contribution in [0.1, 0.15) is 18.4 Å². The minimum atomic E-state index is -0.420. The summed E-state index contributed by atoms with van der Waals surface area (Å²) in [6, 6.07) is 8.74. The number of aliphatic imine (C=N–C) groups is 1. The van der Waals surface area contributed by atoms with Crippen molar-refractivity contribution >= 4 is 28.5 Å². The van der Waals surface area contributed by atoms with Crippen LogP contribution in [0.4, 0.5) is 20.2 Å². The van der Waals surface area contributed by atoms with Crippen molar-refractivity contribution in [2.24, 2.45) is 4.99 Å². The van der Waals surface area contributed by atoms with Gasteiger partial charge in [0.05, 0.1) is 23.0 Å². The molecule has 0 saturated carbocycles. The number of nitrogens with zero attached hydrogens (tertiary/aromatic N) is 1. The molecule has 1 aliphatic heterocycles. The van der Waals surface area contributed by atoms with Crippen LogP contribution in [0.15, 0.2) is 41.4 Å². The van der Waals surface area contributed by atoms with Crippen molar-refractivity contribution in [1.29, 1.82) is 0 Å². The van der Waals surface area contributed by atoms with Crippen molar-refractivity contribution in [3.63, 3.8) is 0 Å². The highest BCUT2D eigenvalue weighted by atomic mass is 19.1. The lowest BCUT2D eigenvalue weighted by molar-refractivity contribution is 0.120. The van der Waals surface area contributed by atoms with E-state index in [4.69, 9.17) is 4.74 Å². The lowest BCUT2D eigenvalue weighted by atomic mass is 10.2. The summed E-state index contributed by atoms with van der Waals surface area (Å²) in [5.41, 5.74) is 1.72. The Balaban J connectivity index is 1.51. The number of hydrogen-bond donors (Lipinski definition) is 3. The molecule has 140 valence electrons. The number of hydrogen-bond acceptors (Lipinski definition) is 4. The number of halogens is 2. The average Bonchev–Trinajstić information content (AvgIpc) is 3.26. The van der Waals surface area contributed by atoms with Gasteiger partial charge in [-0.25, -0.2) is 8.78 Å². The highest BCUT2D eigenvalue weighted by Gasteiger charge is 2.15. The molecule has 0 spiro atoms. The Kier molecular flexibility index (Phi) is 4.77. The minimum Gasteiger partial charge on any atom is -0.494 e. The van der Waals surface area contributed by atoms with E-state index >= 15 is 0 Å². The van der Waals surface area contributed by atoms with Crippen LogP contribution in [-0.4, -0.2) is 35.6 Å². The highest BCUT2D eigenvalue weighted by molar-refractivity contribution is 6.02. The van der Waals surface area contributed by atoms with Crippen molar-refractivity contribution in [3.05, 3.63) is 53.6 Å². The van der Waals surface area contributed by atoms with Gasteiger partial charge in [0.2, 0.25) is 0 Å². The maximum absolute atomic E-state index is 14.3.